The minimum absolute atomic E-state index is 0.0270. The summed E-state index contributed by atoms with van der Waals surface area (Å²) >= 11 is 1.64. The first-order valence-corrected chi connectivity index (χ1v) is 9.09. The molecule has 0 fully saturated rings. The summed E-state index contributed by atoms with van der Waals surface area (Å²) in [5, 5.41) is 8.31. The van der Waals surface area contributed by atoms with Gasteiger partial charge < -0.3 is 4.90 Å². The third-order valence-corrected chi connectivity index (χ3v) is 5.67. The van der Waals surface area contributed by atoms with Crippen LogP contribution in [0.5, 0.6) is 0 Å². The van der Waals surface area contributed by atoms with E-state index in [-0.39, 0.29) is 5.91 Å². The van der Waals surface area contributed by atoms with Gasteiger partial charge in [-0.05, 0) is 37.3 Å². The van der Waals surface area contributed by atoms with Crippen molar-refractivity contribution in [1.82, 2.24) is 20.1 Å². The molecule has 24 heavy (non-hydrogen) atoms. The van der Waals surface area contributed by atoms with Crippen molar-refractivity contribution in [2.24, 2.45) is 5.92 Å². The van der Waals surface area contributed by atoms with E-state index in [1.165, 1.54) is 0 Å². The van der Waals surface area contributed by atoms with Crippen LogP contribution in [-0.4, -0.2) is 33.0 Å². The first kappa shape index (κ1) is 15.3. The highest BCUT2D eigenvalue weighted by atomic mass is 32.1. The van der Waals surface area contributed by atoms with Crippen LogP contribution in [0.2, 0.25) is 0 Å². The summed E-state index contributed by atoms with van der Waals surface area (Å²) in [4.78, 5) is 19.2. The third-order valence-electron chi connectivity index (χ3n) is 4.65. The number of aromatic amines is 1. The second-order valence-electron chi connectivity index (χ2n) is 6.61. The molecule has 0 saturated carbocycles. The number of carbonyl (C=O) groups excluding carboxylic acids is 1. The Balaban J connectivity index is 1.55. The highest BCUT2D eigenvalue weighted by Gasteiger charge is 2.26. The van der Waals surface area contributed by atoms with Crippen LogP contribution in [-0.2, 0) is 19.4 Å². The molecule has 1 amide bonds. The quantitative estimate of drug-likeness (QED) is 0.795. The van der Waals surface area contributed by atoms with Gasteiger partial charge in [-0.2, -0.15) is 5.10 Å². The highest BCUT2D eigenvalue weighted by molar-refractivity contribution is 7.18. The zero-order valence-electron chi connectivity index (χ0n) is 13.9. The summed E-state index contributed by atoms with van der Waals surface area (Å²) < 4.78 is 1.15. The van der Waals surface area contributed by atoms with Crippen molar-refractivity contribution in [3.8, 4) is 0 Å². The van der Waals surface area contributed by atoms with Crippen LogP contribution in [0.1, 0.15) is 40.1 Å². The molecule has 6 heteroatoms. The van der Waals surface area contributed by atoms with Gasteiger partial charge in [-0.3, -0.25) is 9.89 Å². The molecule has 1 aromatic carbocycles. The number of rotatable bonds is 3. The van der Waals surface area contributed by atoms with Crippen molar-refractivity contribution < 1.29 is 4.79 Å². The lowest BCUT2D eigenvalue weighted by molar-refractivity contribution is 0.0777. The number of benzene rings is 1. The Hall–Kier alpha value is -2.21. The fourth-order valence-electron chi connectivity index (χ4n) is 3.29. The standard InChI is InChI=1S/C18H20N4OS/c1-11-7-8-13-12(9-11)17(21-20-13)18(23)22(2)10-16-19-14-5-3-4-6-15(14)24-16/h3-6,11H,7-10H2,1-2H3,(H,20,21). The molecule has 2 aromatic heterocycles. The number of aryl methyl sites for hydroxylation is 1. The molecule has 1 aliphatic carbocycles. The van der Waals surface area contributed by atoms with Crippen LogP contribution in [0.15, 0.2) is 24.3 Å². The normalized spacial score (nSPS) is 17.0. The largest absolute Gasteiger partial charge is 0.334 e. The Labute approximate surface area is 144 Å². The fraction of sp³-hybridized carbons (Fsp3) is 0.389. The first-order chi connectivity index (χ1) is 11.6. The minimum atomic E-state index is -0.0270. The number of fused-ring (bicyclic) bond motifs is 2. The molecular formula is C18H20N4OS. The molecule has 5 nitrogen and oxygen atoms in total. The van der Waals surface area contributed by atoms with Gasteiger partial charge in [0.25, 0.3) is 5.91 Å². The molecule has 0 aliphatic heterocycles. The molecule has 3 aromatic rings. The van der Waals surface area contributed by atoms with Gasteiger partial charge in [0, 0.05) is 18.3 Å². The first-order valence-electron chi connectivity index (χ1n) is 8.28. The van der Waals surface area contributed by atoms with Crippen molar-refractivity contribution in [2.75, 3.05) is 7.05 Å². The van der Waals surface area contributed by atoms with Gasteiger partial charge in [0.1, 0.15) is 5.01 Å². The average Bonchev–Trinajstić information content (AvgIpc) is 3.16. The number of amides is 1. The van der Waals surface area contributed by atoms with Gasteiger partial charge in [-0.15, -0.1) is 11.3 Å². The molecule has 0 radical (unpaired) electrons. The number of hydrogen-bond acceptors (Lipinski definition) is 4. The van der Waals surface area contributed by atoms with Gasteiger partial charge in [-0.25, -0.2) is 4.98 Å². The number of H-pyrrole nitrogens is 1. The van der Waals surface area contributed by atoms with Crippen molar-refractivity contribution in [3.63, 3.8) is 0 Å². The smallest absolute Gasteiger partial charge is 0.274 e. The molecule has 2 heterocycles. The monoisotopic (exact) mass is 340 g/mol. The molecule has 124 valence electrons. The van der Waals surface area contributed by atoms with Gasteiger partial charge in [0.2, 0.25) is 0 Å². The molecular weight excluding hydrogens is 320 g/mol. The van der Waals surface area contributed by atoms with E-state index in [0.29, 0.717) is 18.2 Å². The van der Waals surface area contributed by atoms with Crippen LogP contribution in [0.4, 0.5) is 0 Å². The molecule has 1 aliphatic rings. The maximum absolute atomic E-state index is 12.8. The molecule has 0 spiro atoms. The molecule has 1 N–H and O–H groups in total. The molecule has 1 atom stereocenters. The number of nitrogens with one attached hydrogen (secondary N) is 1. The van der Waals surface area contributed by atoms with Crippen molar-refractivity contribution in [3.05, 3.63) is 46.2 Å². The second-order valence-corrected chi connectivity index (χ2v) is 7.73. The van der Waals surface area contributed by atoms with Crippen molar-refractivity contribution in [2.45, 2.75) is 32.7 Å². The van der Waals surface area contributed by atoms with Crippen LogP contribution < -0.4 is 0 Å². The van der Waals surface area contributed by atoms with Gasteiger partial charge in [0.05, 0.1) is 16.8 Å². The summed E-state index contributed by atoms with van der Waals surface area (Å²) in [5.74, 6) is 0.581. The third kappa shape index (κ3) is 2.71. The number of para-hydroxylation sites is 1. The number of nitrogens with zero attached hydrogens (tertiary/aromatic N) is 3. The van der Waals surface area contributed by atoms with E-state index in [1.807, 2.05) is 25.2 Å². The van der Waals surface area contributed by atoms with Crippen LogP contribution in [0.25, 0.3) is 10.2 Å². The zero-order chi connectivity index (χ0) is 16.7. The number of thiazole rings is 1. The average molecular weight is 340 g/mol. The molecule has 1 unspecified atom stereocenters. The predicted octanol–water partition coefficient (Wildman–Crippen LogP) is 3.42. The Morgan fingerprint density at radius 2 is 2.25 bits per heavy atom. The summed E-state index contributed by atoms with van der Waals surface area (Å²) in [7, 11) is 1.82. The van der Waals surface area contributed by atoms with Crippen LogP contribution in [0.3, 0.4) is 0 Å². The second kappa shape index (κ2) is 6.02. The maximum atomic E-state index is 12.8. The van der Waals surface area contributed by atoms with E-state index in [4.69, 9.17) is 0 Å². The Kier molecular flexibility index (Phi) is 3.84. The zero-order valence-corrected chi connectivity index (χ0v) is 14.7. The fourth-order valence-corrected chi connectivity index (χ4v) is 4.31. The SMILES string of the molecule is CC1CCc2[nH]nc(C(=O)N(C)Cc3nc4ccccc4s3)c2C1. The summed E-state index contributed by atoms with van der Waals surface area (Å²) in [6, 6.07) is 8.06. The Bertz CT molecular complexity index is 864. The lowest BCUT2D eigenvalue weighted by Crippen LogP contribution is -2.28. The molecule has 0 saturated heterocycles. The van der Waals surface area contributed by atoms with Crippen LogP contribution in [0, 0.1) is 5.92 Å². The highest BCUT2D eigenvalue weighted by Crippen LogP contribution is 2.27. The Morgan fingerprint density at radius 1 is 1.42 bits per heavy atom. The summed E-state index contributed by atoms with van der Waals surface area (Å²) in [6.45, 7) is 2.74. The van der Waals surface area contributed by atoms with E-state index >= 15 is 0 Å². The van der Waals surface area contributed by atoms with E-state index in [1.54, 1.807) is 16.2 Å². The molecule has 0 bridgehead atoms. The van der Waals surface area contributed by atoms with Crippen molar-refractivity contribution in [1.29, 1.82) is 0 Å². The Morgan fingerprint density at radius 3 is 3.08 bits per heavy atom. The minimum Gasteiger partial charge on any atom is -0.334 e. The van der Waals surface area contributed by atoms with E-state index < -0.39 is 0 Å². The lowest BCUT2D eigenvalue weighted by Gasteiger charge is -2.20. The molecule has 4 rings (SSSR count). The maximum Gasteiger partial charge on any atom is 0.274 e. The van der Waals surface area contributed by atoms with E-state index in [2.05, 4.69) is 28.2 Å². The topological polar surface area (TPSA) is 61.9 Å². The summed E-state index contributed by atoms with van der Waals surface area (Å²) in [5.41, 5.74) is 3.81. The van der Waals surface area contributed by atoms with E-state index in [9.17, 15) is 4.79 Å². The summed E-state index contributed by atoms with van der Waals surface area (Å²) in [6.07, 6.45) is 3.07. The van der Waals surface area contributed by atoms with E-state index in [0.717, 1.165) is 45.7 Å². The van der Waals surface area contributed by atoms with Crippen LogP contribution >= 0.6 is 11.3 Å². The van der Waals surface area contributed by atoms with Crippen molar-refractivity contribution >= 4 is 27.5 Å². The van der Waals surface area contributed by atoms with Gasteiger partial charge in [0.15, 0.2) is 5.69 Å². The predicted molar refractivity (Wildman–Crippen MR) is 95.2 cm³/mol. The number of carbonyl (C=O) groups is 1. The number of aromatic nitrogens is 3. The van der Waals surface area contributed by atoms with Gasteiger partial charge >= 0.3 is 0 Å². The van der Waals surface area contributed by atoms with Gasteiger partial charge in [-0.1, -0.05) is 19.1 Å². The lowest BCUT2D eigenvalue weighted by atomic mass is 9.87. The number of hydrogen-bond donors (Lipinski definition) is 1.